The van der Waals surface area contributed by atoms with Gasteiger partial charge in [0.25, 0.3) is 0 Å². The van der Waals surface area contributed by atoms with Gasteiger partial charge in [-0.05, 0) is 62.4 Å². The highest BCUT2D eigenvalue weighted by Gasteiger charge is 2.32. The molecule has 1 aliphatic rings. The van der Waals surface area contributed by atoms with Gasteiger partial charge in [0.05, 0.1) is 6.10 Å². The van der Waals surface area contributed by atoms with E-state index in [-0.39, 0.29) is 18.1 Å². The van der Waals surface area contributed by atoms with Crippen LogP contribution in [0.4, 0.5) is 4.79 Å². The van der Waals surface area contributed by atoms with Gasteiger partial charge in [0, 0.05) is 31.1 Å². The molecule has 29 heavy (non-hydrogen) atoms. The van der Waals surface area contributed by atoms with E-state index < -0.39 is 5.60 Å². The van der Waals surface area contributed by atoms with Crippen LogP contribution in [0.5, 0.6) is 0 Å². The van der Waals surface area contributed by atoms with E-state index in [1.165, 1.54) is 0 Å². The summed E-state index contributed by atoms with van der Waals surface area (Å²) in [5.41, 5.74) is 2.91. The lowest BCUT2D eigenvalue weighted by Crippen LogP contribution is -2.44. The number of halogens is 1. The van der Waals surface area contributed by atoms with Crippen molar-refractivity contribution in [1.82, 2.24) is 4.90 Å². The van der Waals surface area contributed by atoms with Gasteiger partial charge in [0.15, 0.2) is 0 Å². The molecule has 0 N–H and O–H groups in total. The summed E-state index contributed by atoms with van der Waals surface area (Å²) in [6.07, 6.45) is 1.68. The third-order valence-electron chi connectivity index (χ3n) is 5.21. The first-order valence-corrected chi connectivity index (χ1v) is 10.5. The first kappa shape index (κ1) is 21.7. The molecule has 1 heterocycles. The van der Waals surface area contributed by atoms with Gasteiger partial charge in [-0.3, -0.25) is 0 Å². The van der Waals surface area contributed by atoms with Crippen molar-refractivity contribution in [3.8, 4) is 11.1 Å². The Morgan fingerprint density at radius 3 is 2.21 bits per heavy atom. The molecule has 0 spiro atoms. The maximum absolute atomic E-state index is 12.5. The first-order chi connectivity index (χ1) is 13.8. The maximum Gasteiger partial charge on any atom is 0.410 e. The average Bonchev–Trinajstić information content (AvgIpc) is 2.69. The highest BCUT2D eigenvalue weighted by Crippen LogP contribution is 2.34. The number of benzene rings is 2. The molecule has 3 rings (SSSR count). The fourth-order valence-electron chi connectivity index (χ4n) is 3.86. The van der Waals surface area contributed by atoms with Crippen molar-refractivity contribution in [1.29, 1.82) is 0 Å². The quantitative estimate of drug-likeness (QED) is 0.584. The minimum atomic E-state index is -0.484. The summed E-state index contributed by atoms with van der Waals surface area (Å²) in [5, 5.41) is 0.733. The molecule has 4 nitrogen and oxygen atoms in total. The zero-order valence-electron chi connectivity index (χ0n) is 17.7. The first-order valence-electron chi connectivity index (χ1n) is 10.1. The Morgan fingerprint density at radius 2 is 1.66 bits per heavy atom. The third kappa shape index (κ3) is 5.74. The zero-order chi connectivity index (χ0) is 21.0. The van der Waals surface area contributed by atoms with Crippen LogP contribution in [0.25, 0.3) is 11.1 Å². The second-order valence-electron chi connectivity index (χ2n) is 8.61. The van der Waals surface area contributed by atoms with Crippen molar-refractivity contribution in [3.63, 3.8) is 0 Å². The third-order valence-corrected chi connectivity index (χ3v) is 5.46. The van der Waals surface area contributed by atoms with E-state index >= 15 is 0 Å². The fourth-order valence-corrected chi connectivity index (χ4v) is 3.98. The van der Waals surface area contributed by atoms with Gasteiger partial charge in [-0.25, -0.2) is 4.79 Å². The molecular weight excluding hydrogens is 386 g/mol. The zero-order valence-corrected chi connectivity index (χ0v) is 18.4. The summed E-state index contributed by atoms with van der Waals surface area (Å²) >= 11 is 5.99. The molecule has 0 aliphatic carbocycles. The Labute approximate surface area is 178 Å². The van der Waals surface area contributed by atoms with Crippen LogP contribution < -0.4 is 0 Å². The molecular formula is C24H30ClNO3. The molecule has 1 saturated heterocycles. The Bertz CT molecular complexity index is 812. The number of methoxy groups -OCH3 is 1. The van der Waals surface area contributed by atoms with Crippen LogP contribution >= 0.6 is 11.6 Å². The van der Waals surface area contributed by atoms with E-state index in [9.17, 15) is 4.79 Å². The highest BCUT2D eigenvalue weighted by atomic mass is 35.5. The van der Waals surface area contributed by atoms with Gasteiger partial charge in [-0.15, -0.1) is 0 Å². The largest absolute Gasteiger partial charge is 0.444 e. The molecule has 0 saturated carbocycles. The van der Waals surface area contributed by atoms with Crippen LogP contribution in [-0.2, 0) is 9.47 Å². The molecule has 5 heteroatoms. The summed E-state index contributed by atoms with van der Waals surface area (Å²) < 4.78 is 11.4. The Morgan fingerprint density at radius 1 is 1.07 bits per heavy atom. The van der Waals surface area contributed by atoms with Crippen LogP contribution in [0, 0.1) is 5.92 Å². The average molecular weight is 416 g/mol. The van der Waals surface area contributed by atoms with E-state index in [2.05, 4.69) is 24.3 Å². The van der Waals surface area contributed by atoms with Gasteiger partial charge >= 0.3 is 6.09 Å². The Balaban J connectivity index is 1.71. The predicted octanol–water partition coefficient (Wildman–Crippen LogP) is 6.34. The smallest absolute Gasteiger partial charge is 0.410 e. The fraction of sp³-hybridized carbons (Fsp3) is 0.458. The van der Waals surface area contributed by atoms with Gasteiger partial charge in [0.2, 0.25) is 0 Å². The second kappa shape index (κ2) is 9.19. The van der Waals surface area contributed by atoms with Crippen LogP contribution in [0.15, 0.2) is 48.5 Å². The second-order valence-corrected chi connectivity index (χ2v) is 9.05. The molecule has 2 atom stereocenters. The normalized spacial score (nSPS) is 18.4. The number of hydrogen-bond donors (Lipinski definition) is 0. The summed E-state index contributed by atoms with van der Waals surface area (Å²) in [6, 6.07) is 16.3. The maximum atomic E-state index is 12.5. The molecule has 2 unspecified atom stereocenters. The molecule has 2 aromatic carbocycles. The van der Waals surface area contributed by atoms with E-state index in [1.54, 1.807) is 7.11 Å². The van der Waals surface area contributed by atoms with Crippen molar-refractivity contribution in [3.05, 3.63) is 59.1 Å². The SMILES string of the molecule is COC(c1ccc(-c2ccc(Cl)cc2)cc1)C1CCCN(C(=O)OC(C)(C)C)C1. The van der Waals surface area contributed by atoms with E-state index in [0.717, 1.165) is 41.1 Å². The van der Waals surface area contributed by atoms with Crippen molar-refractivity contribution < 1.29 is 14.3 Å². The van der Waals surface area contributed by atoms with Gasteiger partial charge in [-0.2, -0.15) is 0 Å². The standard InChI is InChI=1S/C24H30ClNO3/c1-24(2,3)29-23(27)26-15-5-6-20(16-26)22(28-4)19-9-7-17(8-10-19)18-11-13-21(25)14-12-18/h7-14,20,22H,5-6,15-16H2,1-4H3. The number of rotatable bonds is 4. The topological polar surface area (TPSA) is 38.8 Å². The number of carbonyl (C=O) groups is 1. The van der Waals surface area contributed by atoms with Crippen molar-refractivity contribution in [2.75, 3.05) is 20.2 Å². The van der Waals surface area contributed by atoms with Crippen LogP contribution in [0.2, 0.25) is 5.02 Å². The predicted molar refractivity (Wildman–Crippen MR) is 117 cm³/mol. The van der Waals surface area contributed by atoms with Gasteiger partial charge in [-0.1, -0.05) is 48.0 Å². The van der Waals surface area contributed by atoms with E-state index in [4.69, 9.17) is 21.1 Å². The van der Waals surface area contributed by atoms with E-state index in [1.807, 2.05) is 49.9 Å². The summed E-state index contributed by atoms with van der Waals surface area (Å²) in [7, 11) is 1.74. The lowest BCUT2D eigenvalue weighted by Gasteiger charge is -2.37. The molecule has 1 fully saturated rings. The van der Waals surface area contributed by atoms with Crippen LogP contribution in [0.1, 0.15) is 45.3 Å². The number of nitrogens with zero attached hydrogens (tertiary/aromatic N) is 1. The molecule has 1 amide bonds. The monoisotopic (exact) mass is 415 g/mol. The van der Waals surface area contributed by atoms with Gasteiger partial charge in [0.1, 0.15) is 5.60 Å². The summed E-state index contributed by atoms with van der Waals surface area (Å²) in [6.45, 7) is 7.06. The lowest BCUT2D eigenvalue weighted by molar-refractivity contribution is -0.00891. The Kier molecular flexibility index (Phi) is 6.86. The minimum absolute atomic E-state index is 0.0560. The van der Waals surface area contributed by atoms with Crippen molar-refractivity contribution in [2.24, 2.45) is 5.92 Å². The number of hydrogen-bond acceptors (Lipinski definition) is 3. The summed E-state index contributed by atoms with van der Waals surface area (Å²) in [4.78, 5) is 14.3. The molecule has 2 aromatic rings. The number of carbonyl (C=O) groups excluding carboxylic acids is 1. The van der Waals surface area contributed by atoms with Crippen molar-refractivity contribution >= 4 is 17.7 Å². The molecule has 1 aliphatic heterocycles. The Hall–Kier alpha value is -2.04. The molecule has 0 aromatic heterocycles. The van der Waals surface area contributed by atoms with Crippen LogP contribution in [0.3, 0.4) is 0 Å². The van der Waals surface area contributed by atoms with Crippen LogP contribution in [-0.4, -0.2) is 36.8 Å². The summed E-state index contributed by atoms with van der Waals surface area (Å²) in [5.74, 6) is 0.239. The number of ether oxygens (including phenoxy) is 2. The molecule has 0 radical (unpaired) electrons. The van der Waals surface area contributed by atoms with E-state index in [0.29, 0.717) is 6.54 Å². The van der Waals surface area contributed by atoms with Gasteiger partial charge < -0.3 is 14.4 Å². The molecule has 156 valence electrons. The number of amides is 1. The number of piperidine rings is 1. The molecule has 0 bridgehead atoms. The minimum Gasteiger partial charge on any atom is -0.444 e. The highest BCUT2D eigenvalue weighted by molar-refractivity contribution is 6.30. The number of likely N-dealkylation sites (tertiary alicyclic amines) is 1. The van der Waals surface area contributed by atoms with Crippen molar-refractivity contribution in [2.45, 2.75) is 45.3 Å². The lowest BCUT2D eigenvalue weighted by atomic mass is 9.88.